The normalized spacial score (nSPS) is 25.6. The Hall–Kier alpha value is -1.06. The van der Waals surface area contributed by atoms with E-state index in [1.807, 2.05) is 19.1 Å². The summed E-state index contributed by atoms with van der Waals surface area (Å²) in [5.41, 5.74) is 1.35. The third-order valence-corrected chi connectivity index (χ3v) is 4.25. The van der Waals surface area contributed by atoms with E-state index in [9.17, 15) is 0 Å². The van der Waals surface area contributed by atoms with Gasteiger partial charge in [0, 0.05) is 13.1 Å². The third kappa shape index (κ3) is 2.77. The minimum absolute atomic E-state index is 0.0987. The molecule has 0 aromatic heterocycles. The molecule has 3 rings (SSSR count). The molecule has 0 radical (unpaired) electrons. The molecule has 3 heteroatoms. The van der Waals surface area contributed by atoms with Crippen LogP contribution in [0.4, 0.5) is 0 Å². The number of ether oxygens (including phenoxy) is 2. The summed E-state index contributed by atoms with van der Waals surface area (Å²) >= 11 is 0. The van der Waals surface area contributed by atoms with Crippen LogP contribution in [-0.4, -0.2) is 25.3 Å². The molecule has 1 heterocycles. The van der Waals surface area contributed by atoms with E-state index in [0.717, 1.165) is 18.8 Å². The first-order chi connectivity index (χ1) is 9.31. The van der Waals surface area contributed by atoms with E-state index in [4.69, 9.17) is 9.47 Å². The molecule has 1 saturated heterocycles. The summed E-state index contributed by atoms with van der Waals surface area (Å²) in [6, 6.07) is 8.34. The van der Waals surface area contributed by atoms with Gasteiger partial charge in [0.25, 0.3) is 0 Å². The Bertz CT molecular complexity index is 409. The first-order valence-electron chi connectivity index (χ1n) is 7.43. The van der Waals surface area contributed by atoms with E-state index in [-0.39, 0.29) is 11.7 Å². The summed E-state index contributed by atoms with van der Waals surface area (Å²) < 4.78 is 11.9. The van der Waals surface area contributed by atoms with E-state index in [0.29, 0.717) is 6.61 Å². The van der Waals surface area contributed by atoms with Gasteiger partial charge < -0.3 is 14.8 Å². The van der Waals surface area contributed by atoms with Crippen molar-refractivity contribution in [3.05, 3.63) is 29.8 Å². The molecular weight excluding hydrogens is 238 g/mol. The van der Waals surface area contributed by atoms with Crippen LogP contribution in [0.1, 0.15) is 44.3 Å². The molecule has 1 aromatic carbocycles. The van der Waals surface area contributed by atoms with Crippen molar-refractivity contribution in [2.24, 2.45) is 0 Å². The second kappa shape index (κ2) is 5.51. The highest BCUT2D eigenvalue weighted by molar-refractivity contribution is 5.29. The Morgan fingerprint density at radius 3 is 2.68 bits per heavy atom. The summed E-state index contributed by atoms with van der Waals surface area (Å²) in [7, 11) is 0. The Morgan fingerprint density at radius 2 is 2.00 bits per heavy atom. The van der Waals surface area contributed by atoms with Crippen LogP contribution in [-0.2, 0) is 4.74 Å². The fourth-order valence-corrected chi connectivity index (χ4v) is 3.26. The van der Waals surface area contributed by atoms with Crippen molar-refractivity contribution >= 4 is 0 Å². The predicted molar refractivity (Wildman–Crippen MR) is 75.5 cm³/mol. The van der Waals surface area contributed by atoms with Gasteiger partial charge >= 0.3 is 0 Å². The van der Waals surface area contributed by atoms with Gasteiger partial charge in [-0.2, -0.15) is 0 Å². The molecule has 1 aliphatic heterocycles. The van der Waals surface area contributed by atoms with Crippen molar-refractivity contribution in [1.82, 2.24) is 5.32 Å². The summed E-state index contributed by atoms with van der Waals surface area (Å²) in [6.45, 7) is 4.64. The Labute approximate surface area is 115 Å². The van der Waals surface area contributed by atoms with E-state index < -0.39 is 0 Å². The maximum atomic E-state index is 6.42. The largest absolute Gasteiger partial charge is 0.494 e. The molecule has 1 aliphatic carbocycles. The zero-order chi connectivity index (χ0) is 13.1. The van der Waals surface area contributed by atoms with Crippen molar-refractivity contribution in [2.75, 3.05) is 19.7 Å². The average Bonchev–Trinajstić information content (AvgIpc) is 2.88. The van der Waals surface area contributed by atoms with Gasteiger partial charge in [-0.05, 0) is 37.5 Å². The lowest BCUT2D eigenvalue weighted by Crippen LogP contribution is -2.49. The highest BCUT2D eigenvalue weighted by Gasteiger charge is 2.39. The van der Waals surface area contributed by atoms with Crippen molar-refractivity contribution < 1.29 is 9.47 Å². The number of morpholine rings is 1. The van der Waals surface area contributed by atoms with Crippen molar-refractivity contribution in [3.8, 4) is 5.75 Å². The van der Waals surface area contributed by atoms with Crippen LogP contribution in [0.15, 0.2) is 24.3 Å². The van der Waals surface area contributed by atoms with Crippen molar-refractivity contribution in [2.45, 2.75) is 44.3 Å². The topological polar surface area (TPSA) is 30.5 Å². The lowest BCUT2D eigenvalue weighted by molar-refractivity contribution is -0.114. The minimum atomic E-state index is 0.0987. The lowest BCUT2D eigenvalue weighted by Gasteiger charge is -2.39. The minimum Gasteiger partial charge on any atom is -0.494 e. The molecule has 0 amide bonds. The quantitative estimate of drug-likeness (QED) is 0.907. The fraction of sp³-hybridized carbons (Fsp3) is 0.625. The summed E-state index contributed by atoms with van der Waals surface area (Å²) in [6.07, 6.45) is 5.19. The van der Waals surface area contributed by atoms with Crippen LogP contribution < -0.4 is 10.1 Å². The molecule has 2 fully saturated rings. The molecule has 19 heavy (non-hydrogen) atoms. The Balaban J connectivity index is 1.70. The third-order valence-electron chi connectivity index (χ3n) is 4.25. The van der Waals surface area contributed by atoms with E-state index in [1.54, 1.807) is 0 Å². The molecule has 104 valence electrons. The summed E-state index contributed by atoms with van der Waals surface area (Å²) in [5.74, 6) is 0.936. The van der Waals surface area contributed by atoms with E-state index in [1.165, 1.54) is 31.2 Å². The average molecular weight is 261 g/mol. The van der Waals surface area contributed by atoms with E-state index in [2.05, 4.69) is 17.4 Å². The van der Waals surface area contributed by atoms with Gasteiger partial charge in [0.15, 0.2) is 0 Å². The van der Waals surface area contributed by atoms with Crippen LogP contribution in [0.25, 0.3) is 0 Å². The number of rotatable bonds is 3. The Kier molecular flexibility index (Phi) is 3.76. The second-order valence-electron chi connectivity index (χ2n) is 5.63. The van der Waals surface area contributed by atoms with E-state index >= 15 is 0 Å². The maximum Gasteiger partial charge on any atom is 0.119 e. The van der Waals surface area contributed by atoms with Crippen LogP contribution in [0, 0.1) is 0 Å². The number of hydrogen-bond donors (Lipinski definition) is 1. The first kappa shape index (κ1) is 12.9. The zero-order valence-corrected chi connectivity index (χ0v) is 11.7. The van der Waals surface area contributed by atoms with Gasteiger partial charge in [-0.15, -0.1) is 0 Å². The number of hydrogen-bond acceptors (Lipinski definition) is 3. The van der Waals surface area contributed by atoms with Crippen LogP contribution in [0.3, 0.4) is 0 Å². The SMILES string of the molecule is CCOc1ccc(C2CNCC3(CCCC3)O2)cc1. The lowest BCUT2D eigenvalue weighted by atomic mass is 9.97. The molecule has 1 unspecified atom stereocenters. The van der Waals surface area contributed by atoms with Gasteiger partial charge in [-0.1, -0.05) is 25.0 Å². The smallest absolute Gasteiger partial charge is 0.119 e. The van der Waals surface area contributed by atoms with Gasteiger partial charge in [0.1, 0.15) is 5.75 Å². The first-order valence-corrected chi connectivity index (χ1v) is 7.43. The Morgan fingerprint density at radius 1 is 1.26 bits per heavy atom. The highest BCUT2D eigenvalue weighted by atomic mass is 16.5. The molecular formula is C16H23NO2. The van der Waals surface area contributed by atoms with Crippen molar-refractivity contribution in [1.29, 1.82) is 0 Å². The molecule has 1 aromatic rings. The number of nitrogens with one attached hydrogen (secondary N) is 1. The van der Waals surface area contributed by atoms with Crippen LogP contribution in [0.5, 0.6) is 5.75 Å². The molecule has 1 N–H and O–H groups in total. The molecule has 2 aliphatic rings. The van der Waals surface area contributed by atoms with Crippen LogP contribution in [0.2, 0.25) is 0 Å². The van der Waals surface area contributed by atoms with Gasteiger partial charge in [0.05, 0.1) is 18.3 Å². The van der Waals surface area contributed by atoms with Gasteiger partial charge in [-0.25, -0.2) is 0 Å². The summed E-state index contributed by atoms with van der Waals surface area (Å²) in [5, 5.41) is 3.55. The van der Waals surface area contributed by atoms with Crippen LogP contribution >= 0.6 is 0 Å². The summed E-state index contributed by atoms with van der Waals surface area (Å²) in [4.78, 5) is 0. The highest BCUT2D eigenvalue weighted by Crippen LogP contribution is 2.39. The molecule has 0 bridgehead atoms. The molecule has 1 spiro atoms. The second-order valence-corrected chi connectivity index (χ2v) is 5.63. The monoisotopic (exact) mass is 261 g/mol. The van der Waals surface area contributed by atoms with Crippen molar-refractivity contribution in [3.63, 3.8) is 0 Å². The molecule has 3 nitrogen and oxygen atoms in total. The fourth-order valence-electron chi connectivity index (χ4n) is 3.26. The standard InChI is InChI=1S/C16H23NO2/c1-2-18-14-7-5-13(6-8-14)15-11-17-12-16(19-15)9-3-4-10-16/h5-8,15,17H,2-4,9-12H2,1H3. The maximum absolute atomic E-state index is 6.42. The zero-order valence-electron chi connectivity index (χ0n) is 11.7. The van der Waals surface area contributed by atoms with Gasteiger partial charge in [0.2, 0.25) is 0 Å². The molecule has 1 atom stereocenters. The van der Waals surface area contributed by atoms with Gasteiger partial charge in [-0.3, -0.25) is 0 Å². The predicted octanol–water partition coefficient (Wildman–Crippen LogP) is 3.06. The molecule has 1 saturated carbocycles. The number of benzene rings is 1.